The number of amides is 1. The summed E-state index contributed by atoms with van der Waals surface area (Å²) in [5.41, 5.74) is 1.04. The molecule has 0 atom stereocenters. The van der Waals surface area contributed by atoms with E-state index in [0.717, 1.165) is 26.2 Å². The molecule has 2 aromatic heterocycles. The van der Waals surface area contributed by atoms with E-state index in [1.54, 1.807) is 13.0 Å². The average Bonchev–Trinajstić information content (AvgIpc) is 3.05. The van der Waals surface area contributed by atoms with Gasteiger partial charge in [0.2, 0.25) is 0 Å². The van der Waals surface area contributed by atoms with Gasteiger partial charge in [-0.05, 0) is 35.0 Å². The van der Waals surface area contributed by atoms with E-state index < -0.39 is 10.0 Å². The molecule has 1 amide bonds. The predicted octanol–water partition coefficient (Wildman–Crippen LogP) is 1.72. The van der Waals surface area contributed by atoms with Gasteiger partial charge in [0.25, 0.3) is 15.9 Å². The number of rotatable bonds is 5. The van der Waals surface area contributed by atoms with Crippen LogP contribution in [0, 0.1) is 6.92 Å². The lowest BCUT2D eigenvalue weighted by molar-refractivity contribution is 0.0945. The molecule has 0 aliphatic rings. The van der Waals surface area contributed by atoms with Gasteiger partial charge in [-0.2, -0.15) is 5.10 Å². The van der Waals surface area contributed by atoms with Crippen molar-refractivity contribution in [3.63, 3.8) is 0 Å². The number of aromatic amines is 1. The molecule has 2 heterocycles. The molecular weight excluding hydrogens is 392 g/mol. The first-order valence-electron chi connectivity index (χ1n) is 6.23. The highest BCUT2D eigenvalue weighted by molar-refractivity contribution is 9.10. The van der Waals surface area contributed by atoms with Crippen LogP contribution in [0.15, 0.2) is 20.8 Å². The van der Waals surface area contributed by atoms with E-state index in [-0.39, 0.29) is 22.4 Å². The molecule has 0 unspecified atom stereocenters. The molecule has 10 heteroatoms. The van der Waals surface area contributed by atoms with Gasteiger partial charge in [0, 0.05) is 24.7 Å². The molecule has 0 bridgehead atoms. The highest BCUT2D eigenvalue weighted by Crippen LogP contribution is 2.24. The smallest absolute Gasteiger partial charge is 0.273 e. The summed E-state index contributed by atoms with van der Waals surface area (Å²) < 4.78 is 26.0. The average molecular weight is 407 g/mol. The Morgan fingerprint density at radius 2 is 2.14 bits per heavy atom. The third-order valence-corrected chi connectivity index (χ3v) is 7.22. The minimum Gasteiger partial charge on any atom is -0.346 e. The lowest BCUT2D eigenvalue weighted by atomic mass is 10.3. The zero-order chi connectivity index (χ0) is 16.5. The van der Waals surface area contributed by atoms with E-state index in [2.05, 4.69) is 31.4 Å². The molecule has 2 rings (SSSR count). The number of aryl methyl sites for hydroxylation is 1. The molecule has 0 aliphatic carbocycles. The second-order valence-electron chi connectivity index (χ2n) is 4.70. The second-order valence-corrected chi connectivity index (χ2v) is 9.04. The predicted molar refractivity (Wildman–Crippen MR) is 87.4 cm³/mol. The molecule has 2 N–H and O–H groups in total. The van der Waals surface area contributed by atoms with Crippen molar-refractivity contribution < 1.29 is 13.2 Å². The molecule has 120 valence electrons. The van der Waals surface area contributed by atoms with Gasteiger partial charge in [-0.25, -0.2) is 12.7 Å². The number of hydrogen-bond donors (Lipinski definition) is 2. The number of H-pyrrole nitrogens is 1. The minimum absolute atomic E-state index is 0.241. The van der Waals surface area contributed by atoms with Crippen molar-refractivity contribution in [2.45, 2.75) is 17.7 Å². The normalized spacial score (nSPS) is 11.9. The zero-order valence-electron chi connectivity index (χ0n) is 12.2. The fourth-order valence-corrected chi connectivity index (χ4v) is 4.41. The topological polar surface area (TPSA) is 95.2 Å². The van der Waals surface area contributed by atoms with Crippen LogP contribution in [-0.4, -0.2) is 42.9 Å². The molecule has 0 aromatic carbocycles. The molecule has 2 aromatic rings. The standard InChI is InChI=1S/C12H15BrN4O3S2/c1-7-10(13)11(16-15-7)12(18)14-6-8-4-5-9(21-8)22(19,20)17(2)3/h4-5H,6H2,1-3H3,(H,14,18)(H,15,16). The number of thiophene rings is 1. The monoisotopic (exact) mass is 406 g/mol. The first-order valence-corrected chi connectivity index (χ1v) is 9.28. The van der Waals surface area contributed by atoms with Crippen molar-refractivity contribution in [1.82, 2.24) is 19.8 Å². The largest absolute Gasteiger partial charge is 0.346 e. The summed E-state index contributed by atoms with van der Waals surface area (Å²) in [6, 6.07) is 3.22. The van der Waals surface area contributed by atoms with Gasteiger partial charge in [0.05, 0.1) is 11.0 Å². The maximum atomic E-state index is 12.0. The third kappa shape index (κ3) is 3.40. The Hall–Kier alpha value is -1.23. The number of nitrogens with zero attached hydrogens (tertiary/aromatic N) is 2. The van der Waals surface area contributed by atoms with Crippen molar-refractivity contribution in [3.05, 3.63) is 32.9 Å². The molecule has 0 saturated carbocycles. The van der Waals surface area contributed by atoms with Crippen molar-refractivity contribution >= 4 is 43.2 Å². The van der Waals surface area contributed by atoms with Crippen molar-refractivity contribution in [3.8, 4) is 0 Å². The van der Waals surface area contributed by atoms with E-state index >= 15 is 0 Å². The minimum atomic E-state index is -3.44. The number of nitrogens with one attached hydrogen (secondary N) is 2. The Labute approximate surface area is 140 Å². The fourth-order valence-electron chi connectivity index (χ4n) is 1.59. The van der Waals surface area contributed by atoms with Gasteiger partial charge < -0.3 is 5.32 Å². The van der Waals surface area contributed by atoms with Gasteiger partial charge in [0.1, 0.15) is 4.21 Å². The Morgan fingerprint density at radius 3 is 2.68 bits per heavy atom. The summed E-state index contributed by atoms with van der Waals surface area (Å²) in [6.07, 6.45) is 0. The molecule has 0 radical (unpaired) electrons. The number of carbonyl (C=O) groups excluding carboxylic acids is 1. The van der Waals surface area contributed by atoms with Gasteiger partial charge in [0.15, 0.2) is 5.69 Å². The van der Waals surface area contributed by atoms with Crippen LogP contribution < -0.4 is 5.32 Å². The summed E-state index contributed by atoms with van der Waals surface area (Å²) in [6.45, 7) is 2.04. The number of sulfonamides is 1. The van der Waals surface area contributed by atoms with E-state index in [9.17, 15) is 13.2 Å². The van der Waals surface area contributed by atoms with Gasteiger partial charge >= 0.3 is 0 Å². The van der Waals surface area contributed by atoms with Gasteiger partial charge in [-0.1, -0.05) is 0 Å². The summed E-state index contributed by atoms with van der Waals surface area (Å²) >= 11 is 4.42. The van der Waals surface area contributed by atoms with Crippen LogP contribution >= 0.6 is 27.3 Å². The molecule has 0 spiro atoms. The molecule has 0 fully saturated rings. The summed E-state index contributed by atoms with van der Waals surface area (Å²) in [7, 11) is -0.476. The maximum Gasteiger partial charge on any atom is 0.273 e. The SMILES string of the molecule is Cc1[nH]nc(C(=O)NCc2ccc(S(=O)(=O)N(C)C)s2)c1Br. The molecule has 22 heavy (non-hydrogen) atoms. The van der Waals surface area contributed by atoms with Crippen LogP contribution in [-0.2, 0) is 16.6 Å². The third-order valence-electron chi connectivity index (χ3n) is 2.88. The van der Waals surface area contributed by atoms with Gasteiger partial charge in [-0.15, -0.1) is 11.3 Å². The van der Waals surface area contributed by atoms with E-state index in [1.807, 2.05) is 0 Å². The Morgan fingerprint density at radius 1 is 1.45 bits per heavy atom. The van der Waals surface area contributed by atoms with Crippen LogP contribution in [0.2, 0.25) is 0 Å². The number of hydrogen-bond acceptors (Lipinski definition) is 5. The first-order chi connectivity index (χ1) is 10.2. The van der Waals surface area contributed by atoms with Crippen LogP contribution in [0.5, 0.6) is 0 Å². The maximum absolute atomic E-state index is 12.0. The van der Waals surface area contributed by atoms with E-state index in [0.29, 0.717) is 4.47 Å². The number of halogens is 1. The Balaban J connectivity index is 2.06. The van der Waals surface area contributed by atoms with Crippen molar-refractivity contribution in [1.29, 1.82) is 0 Å². The molecular formula is C12H15BrN4O3S2. The van der Waals surface area contributed by atoms with E-state index in [4.69, 9.17) is 0 Å². The molecule has 0 saturated heterocycles. The highest BCUT2D eigenvalue weighted by atomic mass is 79.9. The molecule has 0 aliphatic heterocycles. The lowest BCUT2D eigenvalue weighted by Gasteiger charge is -2.08. The van der Waals surface area contributed by atoms with E-state index in [1.165, 1.54) is 20.2 Å². The summed E-state index contributed by atoms with van der Waals surface area (Å²) in [5.74, 6) is -0.332. The van der Waals surface area contributed by atoms with Crippen LogP contribution in [0.3, 0.4) is 0 Å². The van der Waals surface area contributed by atoms with Crippen molar-refractivity contribution in [2.75, 3.05) is 14.1 Å². The Bertz CT molecular complexity index is 795. The summed E-state index contributed by atoms with van der Waals surface area (Å²) in [5, 5.41) is 9.34. The van der Waals surface area contributed by atoms with Gasteiger partial charge in [-0.3, -0.25) is 9.89 Å². The van der Waals surface area contributed by atoms with Crippen LogP contribution in [0.1, 0.15) is 21.1 Å². The lowest BCUT2D eigenvalue weighted by Crippen LogP contribution is -2.23. The second kappa shape index (κ2) is 6.49. The van der Waals surface area contributed by atoms with Crippen molar-refractivity contribution in [2.24, 2.45) is 0 Å². The Kier molecular flexibility index (Phi) is 5.05. The quantitative estimate of drug-likeness (QED) is 0.789. The fraction of sp³-hybridized carbons (Fsp3) is 0.333. The van der Waals surface area contributed by atoms with Crippen LogP contribution in [0.4, 0.5) is 0 Å². The first kappa shape index (κ1) is 17.1. The van der Waals surface area contributed by atoms with Crippen LogP contribution in [0.25, 0.3) is 0 Å². The number of aromatic nitrogens is 2. The molecule has 7 nitrogen and oxygen atoms in total. The summed E-state index contributed by atoms with van der Waals surface area (Å²) in [4.78, 5) is 12.8. The zero-order valence-corrected chi connectivity index (χ0v) is 15.4. The highest BCUT2D eigenvalue weighted by Gasteiger charge is 2.20. The number of carbonyl (C=O) groups is 1.